The van der Waals surface area contributed by atoms with Crippen LogP contribution < -0.4 is 0 Å². The van der Waals surface area contributed by atoms with Crippen molar-refractivity contribution in [3.63, 3.8) is 0 Å². The summed E-state index contributed by atoms with van der Waals surface area (Å²) in [4.78, 5) is 0. The van der Waals surface area contributed by atoms with Crippen LogP contribution in [0.25, 0.3) is 0 Å². The van der Waals surface area contributed by atoms with Crippen LogP contribution in [0, 0.1) is 23.2 Å². The van der Waals surface area contributed by atoms with E-state index in [2.05, 4.69) is 19.1 Å². The Hall–Kier alpha value is -1.22. The van der Waals surface area contributed by atoms with Crippen LogP contribution in [-0.4, -0.2) is 47.0 Å². The minimum Gasteiger partial charge on any atom is -0.508 e. The van der Waals surface area contributed by atoms with Crippen molar-refractivity contribution in [2.24, 2.45) is 23.2 Å². The normalized spacial score (nSPS) is 31.0. The Morgan fingerprint density at radius 3 is 2.39 bits per heavy atom. The predicted molar refractivity (Wildman–Crippen MR) is 153 cm³/mol. The van der Waals surface area contributed by atoms with Crippen LogP contribution in [0.3, 0.4) is 0 Å². The molecule has 7 atom stereocenters. The molecule has 0 heterocycles. The van der Waals surface area contributed by atoms with Gasteiger partial charge in [-0.25, -0.2) is 0 Å². The van der Waals surface area contributed by atoms with Crippen molar-refractivity contribution >= 4 is 10.8 Å². The first kappa shape index (κ1) is 29.8. The van der Waals surface area contributed by atoms with Crippen molar-refractivity contribution in [2.75, 3.05) is 11.5 Å². The molecule has 1 aromatic rings. The third-order valence-electron chi connectivity index (χ3n) is 10.5. The average molecular weight is 609 g/mol. The highest BCUT2D eigenvalue weighted by Crippen LogP contribution is 2.62. The second-order valence-electron chi connectivity index (χ2n) is 13.1. The van der Waals surface area contributed by atoms with E-state index < -0.39 is 35.7 Å². The Morgan fingerprint density at radius 2 is 1.68 bits per heavy atom. The van der Waals surface area contributed by atoms with Gasteiger partial charge < -0.3 is 10.2 Å². The molecule has 0 bridgehead atoms. The van der Waals surface area contributed by atoms with E-state index in [0.29, 0.717) is 41.6 Å². The summed E-state index contributed by atoms with van der Waals surface area (Å²) >= 11 is 0. The minimum atomic E-state index is -5.55. The lowest BCUT2D eigenvalue weighted by molar-refractivity contribution is -0.284. The van der Waals surface area contributed by atoms with Crippen molar-refractivity contribution in [1.82, 2.24) is 0 Å². The molecule has 0 amide bonds. The summed E-state index contributed by atoms with van der Waals surface area (Å²) in [5.41, 5.74) is 2.79. The van der Waals surface area contributed by atoms with E-state index in [0.717, 1.165) is 77.0 Å². The maximum atomic E-state index is 13.0. The number of aliphatic hydroxyl groups excluding tert-OH is 1. The van der Waals surface area contributed by atoms with Crippen LogP contribution in [0.5, 0.6) is 5.75 Å². The lowest BCUT2D eigenvalue weighted by atomic mass is 9.52. The number of phenolic OH excluding ortho intramolecular Hbond substituents is 1. The number of fused-ring (bicyclic) bond motifs is 5. The molecule has 3 aliphatic rings. The van der Waals surface area contributed by atoms with Crippen molar-refractivity contribution in [3.8, 4) is 5.75 Å². The van der Waals surface area contributed by atoms with E-state index in [1.54, 1.807) is 0 Å². The van der Waals surface area contributed by atoms with E-state index in [4.69, 9.17) is 13.1 Å². The summed E-state index contributed by atoms with van der Waals surface area (Å²) in [7, 11) is -1.36. The van der Waals surface area contributed by atoms with Gasteiger partial charge in [0.15, 0.2) is 0 Å². The first-order valence-electron chi connectivity index (χ1n) is 16.4. The SMILES string of the molecule is [2H]Oc1ccc2c(c1)C[C@@H](CCCCCCCCCS(=O)CCCC(F)(F)C(F)(F)F)[C@@H]1[C@@H]2CC[C@]2(C)[C@@H](O[2H])CC[C@@H]12. The highest BCUT2D eigenvalue weighted by atomic mass is 32.2. The van der Waals surface area contributed by atoms with Gasteiger partial charge in [-0.2, -0.15) is 22.0 Å². The summed E-state index contributed by atoms with van der Waals surface area (Å²) in [5.74, 6) is -1.70. The Bertz CT molecular complexity index is 1070. The molecule has 1 unspecified atom stereocenters. The number of phenols is 1. The highest BCUT2D eigenvalue weighted by Gasteiger charge is 2.57. The molecule has 2 fully saturated rings. The Balaban J connectivity index is 1.18. The van der Waals surface area contributed by atoms with Crippen LogP contribution in [-0.2, 0) is 17.2 Å². The topological polar surface area (TPSA) is 57.5 Å². The summed E-state index contributed by atoms with van der Waals surface area (Å²) in [5, 5.41) is 10.0. The third-order valence-corrected chi connectivity index (χ3v) is 12.0. The molecule has 4 rings (SSSR count). The van der Waals surface area contributed by atoms with Gasteiger partial charge in [0.05, 0.1) is 6.10 Å². The number of halogens is 5. The van der Waals surface area contributed by atoms with Gasteiger partial charge in [0.25, 0.3) is 1.43 Å². The molecule has 0 aromatic heterocycles. The zero-order valence-corrected chi connectivity index (χ0v) is 25.0. The van der Waals surface area contributed by atoms with Crippen LogP contribution in [0.1, 0.15) is 114 Å². The van der Waals surface area contributed by atoms with Gasteiger partial charge in [0, 0.05) is 28.7 Å². The summed E-state index contributed by atoms with van der Waals surface area (Å²) in [6.45, 7) is 2.34. The Kier molecular flexibility index (Phi) is 9.90. The number of rotatable bonds is 16. The first-order valence-corrected chi connectivity index (χ1v) is 17.1. The molecule has 2 N–H and O–H groups in total. The van der Waals surface area contributed by atoms with Crippen molar-refractivity contribution in [2.45, 2.75) is 127 Å². The molecular formula is C32H47F5O3S. The molecule has 41 heavy (non-hydrogen) atoms. The van der Waals surface area contributed by atoms with Crippen LogP contribution in [0.15, 0.2) is 18.2 Å². The molecule has 3 nitrogen and oxygen atoms in total. The lowest BCUT2D eigenvalue weighted by Crippen LogP contribution is -2.47. The number of unbranched alkanes of at least 4 members (excludes halogenated alkanes) is 6. The van der Waals surface area contributed by atoms with E-state index in [-0.39, 0.29) is 17.3 Å². The first-order chi connectivity index (χ1) is 20.4. The molecule has 3 aliphatic carbocycles. The maximum Gasteiger partial charge on any atom is 0.453 e. The summed E-state index contributed by atoms with van der Waals surface area (Å²) in [6, 6.07) is 6.14. The number of alkyl halides is 5. The van der Waals surface area contributed by atoms with Gasteiger partial charge in [-0.15, -0.1) is 0 Å². The lowest BCUT2D eigenvalue weighted by Gasteiger charge is -2.53. The molecule has 9 heteroatoms. The smallest absolute Gasteiger partial charge is 0.453 e. The minimum absolute atomic E-state index is 0.0103. The Morgan fingerprint density at radius 1 is 0.976 bits per heavy atom. The predicted octanol–water partition coefficient (Wildman–Crippen LogP) is 8.68. The van der Waals surface area contributed by atoms with Gasteiger partial charge in [-0.05, 0) is 104 Å². The molecule has 1 aromatic carbocycles. The molecular weight excluding hydrogens is 559 g/mol. The van der Waals surface area contributed by atoms with Crippen LogP contribution >= 0.6 is 0 Å². The van der Waals surface area contributed by atoms with Crippen molar-refractivity contribution < 1.29 is 36.4 Å². The second-order valence-corrected chi connectivity index (χ2v) is 14.8. The van der Waals surface area contributed by atoms with Gasteiger partial charge in [0.1, 0.15) is 5.75 Å². The van der Waals surface area contributed by atoms with Gasteiger partial charge in [0.2, 0.25) is 1.43 Å². The van der Waals surface area contributed by atoms with Crippen LogP contribution in [0.2, 0.25) is 0 Å². The fourth-order valence-corrected chi connectivity index (χ4v) is 9.45. The molecule has 2 saturated carbocycles. The van der Waals surface area contributed by atoms with Gasteiger partial charge >= 0.3 is 12.1 Å². The van der Waals surface area contributed by atoms with E-state index >= 15 is 0 Å². The number of hydrogen-bond donors (Lipinski definition) is 2. The standard InChI is InChI=1S/C32H47F5O3S/c1-30-17-15-26-25-12-11-24(38)21-23(25)20-22(29(26)27(30)13-14-28(30)39)10-7-5-3-2-4-6-8-18-41(40)19-9-16-31(33,34)32(35,36)37/h11-12,21-22,26-29,38-39H,2-10,13-20H2,1H3/t22-,26-,27+,28+,29-,30+,41?/m1/s1/i39D/hD. The zero-order chi connectivity index (χ0) is 31.3. The van der Waals surface area contributed by atoms with Gasteiger partial charge in [-0.1, -0.05) is 51.5 Å². The quantitative estimate of drug-likeness (QED) is 0.146. The zero-order valence-electron chi connectivity index (χ0n) is 26.2. The fourth-order valence-electron chi connectivity index (χ4n) is 8.25. The fraction of sp³-hybridized carbons (Fsp3) is 0.812. The number of aliphatic hydroxyl groups is 1. The number of aromatic hydroxyl groups is 1. The van der Waals surface area contributed by atoms with Crippen molar-refractivity contribution in [1.29, 1.82) is 2.86 Å². The van der Waals surface area contributed by atoms with Crippen LogP contribution in [0.4, 0.5) is 22.0 Å². The highest BCUT2D eigenvalue weighted by molar-refractivity contribution is 7.84. The molecule has 0 saturated heterocycles. The van der Waals surface area contributed by atoms with E-state index in [1.807, 2.05) is 6.07 Å². The Labute approximate surface area is 247 Å². The second kappa shape index (κ2) is 13.6. The molecule has 234 valence electrons. The molecule has 0 radical (unpaired) electrons. The summed E-state index contributed by atoms with van der Waals surface area (Å²) < 4.78 is 89.7. The van der Waals surface area contributed by atoms with E-state index in [1.165, 1.54) is 11.1 Å². The molecule has 0 aliphatic heterocycles. The summed E-state index contributed by atoms with van der Waals surface area (Å²) in [6.07, 6.45) is 6.19. The molecule has 0 spiro atoms. The maximum absolute atomic E-state index is 13.0. The monoisotopic (exact) mass is 608 g/mol. The largest absolute Gasteiger partial charge is 0.508 e. The number of benzene rings is 1. The third kappa shape index (κ3) is 7.66. The average Bonchev–Trinajstić information content (AvgIpc) is 3.31. The van der Waals surface area contributed by atoms with Crippen molar-refractivity contribution in [3.05, 3.63) is 29.3 Å². The van der Waals surface area contributed by atoms with Gasteiger partial charge in [-0.3, -0.25) is 4.21 Å². The number of hydrogen-bond acceptors (Lipinski definition) is 3. The van der Waals surface area contributed by atoms with E-state index in [9.17, 15) is 26.2 Å².